The van der Waals surface area contributed by atoms with E-state index in [4.69, 9.17) is 9.97 Å². The molecule has 3 heterocycles. The summed E-state index contributed by atoms with van der Waals surface area (Å²) in [6.07, 6.45) is 5.59. The quantitative estimate of drug-likeness (QED) is 0.534. The van der Waals surface area contributed by atoms with Gasteiger partial charge in [0.15, 0.2) is 11.0 Å². The lowest BCUT2D eigenvalue weighted by Gasteiger charge is -2.08. The van der Waals surface area contributed by atoms with Gasteiger partial charge in [-0.3, -0.25) is 0 Å². The summed E-state index contributed by atoms with van der Waals surface area (Å²) in [5.41, 5.74) is 3.60. The second kappa shape index (κ2) is 4.81. The van der Waals surface area contributed by atoms with Crippen LogP contribution in [0.15, 0.2) is 11.2 Å². The Hall–Kier alpha value is -1.40. The minimum absolute atomic E-state index is 0.824. The molecule has 3 aromatic rings. The van der Waals surface area contributed by atoms with Crippen LogP contribution in [0.4, 0.5) is 0 Å². The average molecular weight is 316 g/mol. The molecule has 0 amide bonds. The van der Waals surface area contributed by atoms with Crippen molar-refractivity contribution < 1.29 is 0 Å². The van der Waals surface area contributed by atoms with Gasteiger partial charge in [0.05, 0.1) is 11.1 Å². The molecule has 1 aliphatic carbocycles. The molecule has 108 valence electrons. The lowest BCUT2D eigenvalue weighted by molar-refractivity contribution is 0.790. The molecule has 3 aromatic heterocycles. The van der Waals surface area contributed by atoms with Crippen molar-refractivity contribution in [1.82, 2.24) is 19.7 Å². The molecule has 0 aromatic carbocycles. The van der Waals surface area contributed by atoms with E-state index in [1.807, 2.05) is 29.2 Å². The maximum Gasteiger partial charge on any atom is 0.190 e. The molecule has 0 N–H and O–H groups in total. The highest BCUT2D eigenvalue weighted by Gasteiger charge is 2.23. The fourth-order valence-electron chi connectivity index (χ4n) is 3.05. The Morgan fingerprint density at radius 2 is 2.10 bits per heavy atom. The molecule has 0 unspecified atom stereocenters. The molecule has 4 rings (SSSR count). The first kappa shape index (κ1) is 13.3. The summed E-state index contributed by atoms with van der Waals surface area (Å²) in [7, 11) is 0. The molecule has 4 nitrogen and oxygen atoms in total. The maximum atomic E-state index is 4.77. The minimum atomic E-state index is 0.824. The van der Waals surface area contributed by atoms with Gasteiger partial charge in [-0.1, -0.05) is 11.8 Å². The molecule has 0 spiro atoms. The third-order valence-corrected chi connectivity index (χ3v) is 5.65. The smallest absolute Gasteiger partial charge is 0.190 e. The van der Waals surface area contributed by atoms with Gasteiger partial charge < -0.3 is 0 Å². The SMILES string of the molecule is CSc1nc(-n2nc(C)cc2C)c2c3c(sc2n1)CCC3. The highest BCUT2D eigenvalue weighted by molar-refractivity contribution is 7.98. The first-order valence-electron chi connectivity index (χ1n) is 7.07. The topological polar surface area (TPSA) is 43.6 Å². The molecular formula is C15H16N4S2. The summed E-state index contributed by atoms with van der Waals surface area (Å²) in [5.74, 6) is 0.953. The zero-order chi connectivity index (χ0) is 14.6. The third kappa shape index (κ3) is 2.00. The molecule has 0 saturated carbocycles. The van der Waals surface area contributed by atoms with Crippen LogP contribution in [0.3, 0.4) is 0 Å². The standard InChI is InChI=1S/C15H16N4S2/c1-8-7-9(2)19(18-8)13-12-10-5-4-6-11(10)21-14(12)17-15(16-13)20-3/h7H,4-6H2,1-3H3. The molecule has 0 saturated heterocycles. The monoisotopic (exact) mass is 316 g/mol. The Morgan fingerprint density at radius 3 is 2.81 bits per heavy atom. The van der Waals surface area contributed by atoms with E-state index >= 15 is 0 Å². The van der Waals surface area contributed by atoms with E-state index in [1.54, 1.807) is 11.8 Å². The van der Waals surface area contributed by atoms with E-state index < -0.39 is 0 Å². The number of thiophene rings is 1. The maximum absolute atomic E-state index is 4.77. The first-order valence-corrected chi connectivity index (χ1v) is 9.11. The van der Waals surface area contributed by atoms with Gasteiger partial charge in [-0.05, 0) is 51.0 Å². The molecule has 0 radical (unpaired) electrons. The van der Waals surface area contributed by atoms with Gasteiger partial charge in [0, 0.05) is 10.6 Å². The van der Waals surface area contributed by atoms with Gasteiger partial charge in [0.2, 0.25) is 0 Å². The van der Waals surface area contributed by atoms with Crippen molar-refractivity contribution in [1.29, 1.82) is 0 Å². The molecule has 0 atom stereocenters. The lowest BCUT2D eigenvalue weighted by atomic mass is 10.2. The number of fused-ring (bicyclic) bond motifs is 3. The average Bonchev–Trinajstić information content (AvgIpc) is 3.11. The largest absolute Gasteiger partial charge is 0.219 e. The van der Waals surface area contributed by atoms with E-state index in [1.165, 1.54) is 28.7 Å². The normalized spacial score (nSPS) is 14.0. The van der Waals surface area contributed by atoms with Crippen LogP contribution in [-0.4, -0.2) is 26.0 Å². The minimum Gasteiger partial charge on any atom is -0.219 e. The van der Waals surface area contributed by atoms with Gasteiger partial charge in [-0.15, -0.1) is 11.3 Å². The zero-order valence-electron chi connectivity index (χ0n) is 12.3. The van der Waals surface area contributed by atoms with E-state index in [0.717, 1.165) is 33.6 Å². The van der Waals surface area contributed by atoms with Crippen molar-refractivity contribution >= 4 is 33.3 Å². The number of rotatable bonds is 2. The van der Waals surface area contributed by atoms with Crippen LogP contribution in [0.1, 0.15) is 28.2 Å². The summed E-state index contributed by atoms with van der Waals surface area (Å²) in [6, 6.07) is 2.10. The van der Waals surface area contributed by atoms with E-state index in [2.05, 4.69) is 18.1 Å². The van der Waals surface area contributed by atoms with Crippen LogP contribution in [0, 0.1) is 13.8 Å². The summed E-state index contributed by atoms with van der Waals surface area (Å²) in [5, 5.41) is 6.68. The van der Waals surface area contributed by atoms with Crippen LogP contribution in [0.5, 0.6) is 0 Å². The van der Waals surface area contributed by atoms with Gasteiger partial charge in [0.25, 0.3) is 0 Å². The summed E-state index contributed by atoms with van der Waals surface area (Å²) >= 11 is 3.42. The molecular weight excluding hydrogens is 300 g/mol. The number of hydrogen-bond acceptors (Lipinski definition) is 5. The van der Waals surface area contributed by atoms with Crippen LogP contribution >= 0.6 is 23.1 Å². The van der Waals surface area contributed by atoms with Crippen molar-refractivity contribution in [2.24, 2.45) is 0 Å². The van der Waals surface area contributed by atoms with Crippen molar-refractivity contribution in [3.8, 4) is 5.82 Å². The Kier molecular flexibility index (Phi) is 3.04. The van der Waals surface area contributed by atoms with Gasteiger partial charge in [-0.2, -0.15) is 5.10 Å². The molecule has 1 aliphatic rings. The summed E-state index contributed by atoms with van der Waals surface area (Å²) in [6.45, 7) is 4.11. The van der Waals surface area contributed by atoms with Crippen molar-refractivity contribution in [3.63, 3.8) is 0 Å². The van der Waals surface area contributed by atoms with E-state index in [0.29, 0.717) is 0 Å². The van der Waals surface area contributed by atoms with Crippen LogP contribution in [-0.2, 0) is 12.8 Å². The van der Waals surface area contributed by atoms with Crippen LogP contribution < -0.4 is 0 Å². The molecule has 6 heteroatoms. The van der Waals surface area contributed by atoms with E-state index in [-0.39, 0.29) is 0 Å². The molecule has 21 heavy (non-hydrogen) atoms. The van der Waals surface area contributed by atoms with Crippen molar-refractivity contribution in [2.75, 3.05) is 6.26 Å². The second-order valence-corrected chi connectivity index (χ2v) is 7.27. The Bertz CT molecular complexity index is 847. The fraction of sp³-hybridized carbons (Fsp3) is 0.400. The van der Waals surface area contributed by atoms with Crippen LogP contribution in [0.2, 0.25) is 0 Å². The molecule has 0 bridgehead atoms. The summed E-state index contributed by atoms with van der Waals surface area (Å²) in [4.78, 5) is 12.1. The summed E-state index contributed by atoms with van der Waals surface area (Å²) < 4.78 is 1.98. The molecule has 0 aliphatic heterocycles. The third-order valence-electron chi connectivity index (χ3n) is 3.92. The number of hydrogen-bond donors (Lipinski definition) is 0. The number of aromatic nitrogens is 4. The Morgan fingerprint density at radius 1 is 1.24 bits per heavy atom. The van der Waals surface area contributed by atoms with Gasteiger partial charge >= 0.3 is 0 Å². The lowest BCUT2D eigenvalue weighted by Crippen LogP contribution is -2.05. The van der Waals surface area contributed by atoms with Crippen molar-refractivity contribution in [2.45, 2.75) is 38.3 Å². The highest BCUT2D eigenvalue weighted by atomic mass is 32.2. The Balaban J connectivity index is 2.08. The number of aryl methyl sites for hydroxylation is 4. The fourth-order valence-corrected chi connectivity index (χ4v) is 4.72. The first-order chi connectivity index (χ1) is 10.2. The van der Waals surface area contributed by atoms with Crippen molar-refractivity contribution in [3.05, 3.63) is 27.9 Å². The molecule has 0 fully saturated rings. The second-order valence-electron chi connectivity index (χ2n) is 5.41. The van der Waals surface area contributed by atoms with Crippen LogP contribution in [0.25, 0.3) is 16.0 Å². The zero-order valence-corrected chi connectivity index (χ0v) is 13.9. The van der Waals surface area contributed by atoms with Gasteiger partial charge in [0.1, 0.15) is 4.83 Å². The number of thioether (sulfide) groups is 1. The highest BCUT2D eigenvalue weighted by Crippen LogP contribution is 2.39. The predicted octanol–water partition coefficient (Wildman–Crippen LogP) is 3.70. The van der Waals surface area contributed by atoms with Gasteiger partial charge in [-0.25, -0.2) is 14.6 Å². The predicted molar refractivity (Wildman–Crippen MR) is 87.8 cm³/mol. The van der Waals surface area contributed by atoms with E-state index in [9.17, 15) is 0 Å². The Labute approximate surface area is 131 Å². The number of nitrogens with zero attached hydrogens (tertiary/aromatic N) is 4.